The molecule has 0 aliphatic heterocycles. The Balaban J connectivity index is 2.23. The van der Waals surface area contributed by atoms with Crippen molar-refractivity contribution < 1.29 is 9.13 Å². The standard InChI is InChI=1S/C14H22FNO/c1-11(2)10-17-8-7-16-12(3)13-5-4-6-14(15)9-13/h4-6,9,11-12,16H,7-8,10H2,1-3H3. The average Bonchev–Trinajstić information content (AvgIpc) is 2.28. The Morgan fingerprint density at radius 1 is 1.29 bits per heavy atom. The third-order valence-corrected chi connectivity index (χ3v) is 2.50. The number of benzene rings is 1. The summed E-state index contributed by atoms with van der Waals surface area (Å²) in [6, 6.07) is 6.83. The van der Waals surface area contributed by atoms with Crippen molar-refractivity contribution in [1.29, 1.82) is 0 Å². The SMILES string of the molecule is CC(C)COCCNC(C)c1cccc(F)c1. The van der Waals surface area contributed by atoms with Gasteiger partial charge in [0, 0.05) is 19.2 Å². The predicted molar refractivity (Wildman–Crippen MR) is 68.5 cm³/mol. The van der Waals surface area contributed by atoms with E-state index in [4.69, 9.17) is 4.74 Å². The number of hydrogen-bond donors (Lipinski definition) is 1. The molecule has 0 aliphatic carbocycles. The minimum absolute atomic E-state index is 0.147. The predicted octanol–water partition coefficient (Wildman–Crippen LogP) is 3.15. The van der Waals surface area contributed by atoms with Crippen LogP contribution in [0.3, 0.4) is 0 Å². The van der Waals surface area contributed by atoms with E-state index in [0.29, 0.717) is 12.5 Å². The van der Waals surface area contributed by atoms with Gasteiger partial charge >= 0.3 is 0 Å². The van der Waals surface area contributed by atoms with Crippen LogP contribution in [0.4, 0.5) is 4.39 Å². The van der Waals surface area contributed by atoms with Gasteiger partial charge in [-0.05, 0) is 30.5 Å². The van der Waals surface area contributed by atoms with Gasteiger partial charge < -0.3 is 10.1 Å². The summed E-state index contributed by atoms with van der Waals surface area (Å²) in [5, 5.41) is 3.31. The van der Waals surface area contributed by atoms with Crippen LogP contribution in [0, 0.1) is 11.7 Å². The van der Waals surface area contributed by atoms with Crippen LogP contribution < -0.4 is 5.32 Å². The number of halogens is 1. The Labute approximate surface area is 103 Å². The molecule has 0 aromatic heterocycles. The fourth-order valence-corrected chi connectivity index (χ4v) is 1.56. The lowest BCUT2D eigenvalue weighted by molar-refractivity contribution is 0.110. The first-order valence-corrected chi connectivity index (χ1v) is 6.16. The van der Waals surface area contributed by atoms with Gasteiger partial charge in [-0.1, -0.05) is 26.0 Å². The molecule has 1 aromatic carbocycles. The van der Waals surface area contributed by atoms with Crippen molar-refractivity contribution in [3.8, 4) is 0 Å². The molecule has 0 fully saturated rings. The van der Waals surface area contributed by atoms with Gasteiger partial charge in [0.05, 0.1) is 6.61 Å². The molecule has 0 aliphatic rings. The number of rotatable bonds is 7. The fourth-order valence-electron chi connectivity index (χ4n) is 1.56. The highest BCUT2D eigenvalue weighted by Gasteiger charge is 2.04. The van der Waals surface area contributed by atoms with E-state index in [1.807, 2.05) is 13.0 Å². The molecule has 1 aromatic rings. The monoisotopic (exact) mass is 239 g/mol. The Bertz CT molecular complexity index is 328. The van der Waals surface area contributed by atoms with Gasteiger partial charge in [0.1, 0.15) is 5.82 Å². The van der Waals surface area contributed by atoms with Crippen molar-refractivity contribution in [3.05, 3.63) is 35.6 Å². The minimum Gasteiger partial charge on any atom is -0.380 e. The van der Waals surface area contributed by atoms with Crippen molar-refractivity contribution in [2.45, 2.75) is 26.8 Å². The summed E-state index contributed by atoms with van der Waals surface area (Å²) < 4.78 is 18.5. The van der Waals surface area contributed by atoms with Crippen LogP contribution in [0.15, 0.2) is 24.3 Å². The second-order valence-electron chi connectivity index (χ2n) is 4.70. The molecule has 0 spiro atoms. The molecule has 0 radical (unpaired) electrons. The van der Waals surface area contributed by atoms with Gasteiger partial charge in [-0.2, -0.15) is 0 Å². The van der Waals surface area contributed by atoms with E-state index < -0.39 is 0 Å². The van der Waals surface area contributed by atoms with Crippen molar-refractivity contribution in [2.24, 2.45) is 5.92 Å². The molecule has 0 bridgehead atoms. The molecule has 0 heterocycles. The van der Waals surface area contributed by atoms with Gasteiger partial charge in [0.25, 0.3) is 0 Å². The lowest BCUT2D eigenvalue weighted by atomic mass is 10.1. The lowest BCUT2D eigenvalue weighted by Gasteiger charge is -2.14. The summed E-state index contributed by atoms with van der Waals surface area (Å²) in [7, 11) is 0. The molecular weight excluding hydrogens is 217 g/mol. The first-order chi connectivity index (χ1) is 8.09. The highest BCUT2D eigenvalue weighted by molar-refractivity contribution is 5.19. The molecule has 1 unspecified atom stereocenters. The smallest absolute Gasteiger partial charge is 0.123 e. The molecule has 2 nitrogen and oxygen atoms in total. The Kier molecular flexibility index (Phi) is 6.16. The van der Waals surface area contributed by atoms with Gasteiger partial charge in [0.15, 0.2) is 0 Å². The molecule has 0 saturated carbocycles. The van der Waals surface area contributed by atoms with Gasteiger partial charge in [-0.25, -0.2) is 4.39 Å². The van der Waals surface area contributed by atoms with E-state index in [-0.39, 0.29) is 11.9 Å². The van der Waals surface area contributed by atoms with Crippen molar-refractivity contribution in [3.63, 3.8) is 0 Å². The maximum atomic E-state index is 13.0. The lowest BCUT2D eigenvalue weighted by Crippen LogP contribution is -2.24. The topological polar surface area (TPSA) is 21.3 Å². The summed E-state index contributed by atoms with van der Waals surface area (Å²) in [4.78, 5) is 0. The van der Waals surface area contributed by atoms with E-state index in [0.717, 1.165) is 18.7 Å². The molecular formula is C14H22FNO. The highest BCUT2D eigenvalue weighted by Crippen LogP contribution is 2.12. The highest BCUT2D eigenvalue weighted by atomic mass is 19.1. The molecule has 0 saturated heterocycles. The van der Waals surface area contributed by atoms with E-state index in [2.05, 4.69) is 19.2 Å². The maximum Gasteiger partial charge on any atom is 0.123 e. The zero-order valence-electron chi connectivity index (χ0n) is 10.9. The van der Waals surface area contributed by atoms with Crippen LogP contribution in [-0.2, 0) is 4.74 Å². The van der Waals surface area contributed by atoms with Crippen LogP contribution in [-0.4, -0.2) is 19.8 Å². The zero-order valence-corrected chi connectivity index (χ0v) is 10.9. The van der Waals surface area contributed by atoms with Crippen LogP contribution in [0.5, 0.6) is 0 Å². The van der Waals surface area contributed by atoms with E-state index in [1.165, 1.54) is 6.07 Å². The second kappa shape index (κ2) is 7.41. The largest absolute Gasteiger partial charge is 0.380 e. The second-order valence-corrected chi connectivity index (χ2v) is 4.70. The fraction of sp³-hybridized carbons (Fsp3) is 0.571. The summed E-state index contributed by atoms with van der Waals surface area (Å²) in [6.07, 6.45) is 0. The van der Waals surface area contributed by atoms with Gasteiger partial charge in [0.2, 0.25) is 0 Å². The summed E-state index contributed by atoms with van der Waals surface area (Å²) in [6.45, 7) is 8.54. The van der Waals surface area contributed by atoms with Crippen molar-refractivity contribution in [2.75, 3.05) is 19.8 Å². The number of nitrogens with one attached hydrogen (secondary N) is 1. The van der Waals surface area contributed by atoms with Crippen LogP contribution in [0.2, 0.25) is 0 Å². The van der Waals surface area contributed by atoms with E-state index in [1.54, 1.807) is 12.1 Å². The average molecular weight is 239 g/mol. The Hall–Kier alpha value is -0.930. The Morgan fingerprint density at radius 3 is 2.71 bits per heavy atom. The maximum absolute atomic E-state index is 13.0. The van der Waals surface area contributed by atoms with Crippen LogP contribution in [0.1, 0.15) is 32.4 Å². The zero-order chi connectivity index (χ0) is 12.7. The molecule has 1 rings (SSSR count). The first-order valence-electron chi connectivity index (χ1n) is 6.16. The third kappa shape index (κ3) is 5.80. The van der Waals surface area contributed by atoms with Crippen molar-refractivity contribution >= 4 is 0 Å². The third-order valence-electron chi connectivity index (χ3n) is 2.50. The molecule has 96 valence electrons. The molecule has 17 heavy (non-hydrogen) atoms. The molecule has 1 N–H and O–H groups in total. The van der Waals surface area contributed by atoms with Crippen LogP contribution >= 0.6 is 0 Å². The molecule has 1 atom stereocenters. The van der Waals surface area contributed by atoms with Gasteiger partial charge in [-0.15, -0.1) is 0 Å². The quantitative estimate of drug-likeness (QED) is 0.738. The first kappa shape index (κ1) is 14.1. The summed E-state index contributed by atoms with van der Waals surface area (Å²) in [5.41, 5.74) is 0.967. The van der Waals surface area contributed by atoms with Crippen LogP contribution in [0.25, 0.3) is 0 Å². The molecule has 3 heteroatoms. The van der Waals surface area contributed by atoms with E-state index in [9.17, 15) is 4.39 Å². The number of ether oxygens (including phenoxy) is 1. The van der Waals surface area contributed by atoms with Crippen molar-refractivity contribution in [1.82, 2.24) is 5.32 Å². The molecule has 0 amide bonds. The normalized spacial score (nSPS) is 13.0. The summed E-state index contributed by atoms with van der Waals surface area (Å²) >= 11 is 0. The summed E-state index contributed by atoms with van der Waals surface area (Å²) in [5.74, 6) is 0.378. The number of hydrogen-bond acceptors (Lipinski definition) is 2. The van der Waals surface area contributed by atoms with Gasteiger partial charge in [-0.3, -0.25) is 0 Å². The Morgan fingerprint density at radius 2 is 2.06 bits per heavy atom. The minimum atomic E-state index is -0.188. The van der Waals surface area contributed by atoms with E-state index >= 15 is 0 Å².